The first kappa shape index (κ1) is 10.1. The van der Waals surface area contributed by atoms with Crippen LogP contribution in [0.15, 0.2) is 0 Å². The van der Waals surface area contributed by atoms with E-state index in [4.69, 9.17) is 16.7 Å². The molecule has 62 valence electrons. The molecule has 0 heterocycles. The lowest BCUT2D eigenvalue weighted by atomic mass is 10.1. The monoisotopic (exact) mass is 155 g/mol. The van der Waals surface area contributed by atoms with Gasteiger partial charge in [0.25, 0.3) is 0 Å². The van der Waals surface area contributed by atoms with Crippen molar-refractivity contribution in [3.63, 3.8) is 0 Å². The number of ketones is 1. The summed E-state index contributed by atoms with van der Waals surface area (Å²) in [6.07, 6.45) is 2.22. The molecule has 0 aromatic rings. The maximum Gasteiger partial charge on any atom is 0.248 e. The lowest BCUT2D eigenvalue weighted by Crippen LogP contribution is -2.29. The maximum atomic E-state index is 10.6. The molecule has 11 heavy (non-hydrogen) atoms. The third kappa shape index (κ3) is 4.48. The summed E-state index contributed by atoms with van der Waals surface area (Å²) in [5, 5.41) is 8.16. The van der Waals surface area contributed by atoms with Crippen LogP contribution in [0, 0.1) is 11.3 Å². The number of hydrogen-bond donors (Lipinski definition) is 2. The van der Waals surface area contributed by atoms with Gasteiger partial charge >= 0.3 is 0 Å². The minimum absolute atomic E-state index is 0.540. The van der Waals surface area contributed by atoms with Crippen LogP contribution in [0.5, 0.6) is 0 Å². The van der Waals surface area contributed by atoms with E-state index >= 15 is 0 Å². The highest BCUT2D eigenvalue weighted by Gasteiger charge is 2.10. The van der Waals surface area contributed by atoms with Gasteiger partial charge in [-0.05, 0) is 19.4 Å². The standard InChI is InChI=1S/C7H13N3O/c8-4-2-1-3-6(10)7(11)5-9/h6H,1-4,8,10H2/t6-/m0/s1. The van der Waals surface area contributed by atoms with E-state index in [1.807, 2.05) is 0 Å². The number of rotatable bonds is 5. The van der Waals surface area contributed by atoms with Crippen LogP contribution in [0.4, 0.5) is 0 Å². The van der Waals surface area contributed by atoms with Crippen LogP contribution >= 0.6 is 0 Å². The molecule has 0 aliphatic carbocycles. The van der Waals surface area contributed by atoms with Crippen molar-refractivity contribution in [2.45, 2.75) is 25.3 Å². The van der Waals surface area contributed by atoms with Gasteiger partial charge < -0.3 is 11.5 Å². The highest BCUT2D eigenvalue weighted by atomic mass is 16.1. The van der Waals surface area contributed by atoms with Crippen LogP contribution in [0.25, 0.3) is 0 Å². The number of hydrogen-bond acceptors (Lipinski definition) is 4. The molecule has 0 amide bonds. The first-order valence-electron chi connectivity index (χ1n) is 3.62. The van der Waals surface area contributed by atoms with E-state index in [9.17, 15) is 4.79 Å². The number of carbonyl (C=O) groups excluding carboxylic acids is 1. The van der Waals surface area contributed by atoms with Gasteiger partial charge in [0, 0.05) is 0 Å². The van der Waals surface area contributed by atoms with Gasteiger partial charge in [-0.3, -0.25) is 4.79 Å². The summed E-state index contributed by atoms with van der Waals surface area (Å²) >= 11 is 0. The molecular weight excluding hydrogens is 142 g/mol. The van der Waals surface area contributed by atoms with Gasteiger partial charge in [0.2, 0.25) is 5.78 Å². The molecule has 0 aliphatic rings. The Morgan fingerprint density at radius 3 is 2.64 bits per heavy atom. The number of nitriles is 1. The average molecular weight is 155 g/mol. The molecule has 0 fully saturated rings. The molecule has 0 aliphatic heterocycles. The highest BCUT2D eigenvalue weighted by molar-refractivity contribution is 5.97. The number of Topliss-reactive ketones (excluding diaryl/α,β-unsaturated/α-hetero) is 1. The SMILES string of the molecule is N#CC(=O)[C@@H](N)CCCCN. The zero-order valence-corrected chi connectivity index (χ0v) is 6.42. The minimum atomic E-state index is -0.619. The summed E-state index contributed by atoms with van der Waals surface area (Å²) in [4.78, 5) is 10.6. The molecule has 0 unspecified atom stereocenters. The quantitative estimate of drug-likeness (QED) is 0.415. The smallest absolute Gasteiger partial charge is 0.248 e. The van der Waals surface area contributed by atoms with Crippen molar-refractivity contribution >= 4 is 5.78 Å². The number of nitrogens with zero attached hydrogens (tertiary/aromatic N) is 1. The Hall–Kier alpha value is -0.920. The van der Waals surface area contributed by atoms with Crippen molar-refractivity contribution in [3.05, 3.63) is 0 Å². The van der Waals surface area contributed by atoms with E-state index in [1.165, 1.54) is 6.07 Å². The van der Waals surface area contributed by atoms with Crippen molar-refractivity contribution in [3.8, 4) is 6.07 Å². The predicted molar refractivity (Wildman–Crippen MR) is 41.5 cm³/mol. The normalized spacial score (nSPS) is 12.1. The summed E-state index contributed by atoms with van der Waals surface area (Å²) in [5.74, 6) is -0.540. The second-order valence-corrected chi connectivity index (χ2v) is 2.37. The van der Waals surface area contributed by atoms with Crippen LogP contribution in [0.3, 0.4) is 0 Å². The number of nitrogens with two attached hydrogens (primary N) is 2. The Morgan fingerprint density at radius 2 is 2.18 bits per heavy atom. The van der Waals surface area contributed by atoms with Gasteiger partial charge in [0.15, 0.2) is 0 Å². The van der Waals surface area contributed by atoms with E-state index in [2.05, 4.69) is 0 Å². The van der Waals surface area contributed by atoms with Gasteiger partial charge in [0.1, 0.15) is 6.07 Å². The molecule has 0 aromatic heterocycles. The molecule has 0 aromatic carbocycles. The fourth-order valence-electron chi connectivity index (χ4n) is 0.723. The van der Waals surface area contributed by atoms with E-state index in [1.54, 1.807) is 0 Å². The number of unbranched alkanes of at least 4 members (excludes halogenated alkanes) is 1. The molecule has 0 bridgehead atoms. The zero-order chi connectivity index (χ0) is 8.69. The van der Waals surface area contributed by atoms with Gasteiger partial charge in [-0.25, -0.2) is 0 Å². The van der Waals surface area contributed by atoms with E-state index in [0.717, 1.165) is 12.8 Å². The lowest BCUT2D eigenvalue weighted by molar-refractivity contribution is -0.115. The molecule has 0 spiro atoms. The fraction of sp³-hybridized carbons (Fsp3) is 0.714. The van der Waals surface area contributed by atoms with Gasteiger partial charge in [-0.1, -0.05) is 6.42 Å². The molecule has 4 N–H and O–H groups in total. The molecule has 4 nitrogen and oxygen atoms in total. The number of carbonyl (C=O) groups is 1. The molecule has 0 rings (SSSR count). The lowest BCUT2D eigenvalue weighted by Gasteiger charge is -2.03. The Kier molecular flexibility index (Phi) is 5.35. The molecule has 0 saturated heterocycles. The van der Waals surface area contributed by atoms with E-state index in [0.29, 0.717) is 13.0 Å². The fourth-order valence-corrected chi connectivity index (χ4v) is 0.723. The first-order valence-corrected chi connectivity index (χ1v) is 3.62. The topological polar surface area (TPSA) is 92.9 Å². The van der Waals surface area contributed by atoms with Gasteiger partial charge in [0.05, 0.1) is 6.04 Å². The van der Waals surface area contributed by atoms with Crippen LogP contribution in [-0.4, -0.2) is 18.4 Å². The van der Waals surface area contributed by atoms with Crippen LogP contribution < -0.4 is 11.5 Å². The molecule has 0 saturated carbocycles. The van der Waals surface area contributed by atoms with E-state index < -0.39 is 11.8 Å². The van der Waals surface area contributed by atoms with Crippen LogP contribution in [0.1, 0.15) is 19.3 Å². The Morgan fingerprint density at radius 1 is 1.55 bits per heavy atom. The minimum Gasteiger partial charge on any atom is -0.330 e. The Bertz CT molecular complexity index is 162. The van der Waals surface area contributed by atoms with Gasteiger partial charge in [-0.2, -0.15) is 5.26 Å². The molecule has 1 atom stereocenters. The largest absolute Gasteiger partial charge is 0.330 e. The molecular formula is C7H13N3O. The summed E-state index contributed by atoms with van der Waals surface area (Å²) in [6.45, 7) is 0.605. The van der Waals surface area contributed by atoms with Crippen LogP contribution in [-0.2, 0) is 4.79 Å². The Balaban J connectivity index is 3.46. The molecule has 0 radical (unpaired) electrons. The highest BCUT2D eigenvalue weighted by Crippen LogP contribution is 1.97. The first-order chi connectivity index (χ1) is 5.22. The Labute approximate surface area is 66.2 Å². The maximum absolute atomic E-state index is 10.6. The molecule has 4 heteroatoms. The third-order valence-electron chi connectivity index (χ3n) is 1.42. The van der Waals surface area contributed by atoms with Gasteiger partial charge in [-0.15, -0.1) is 0 Å². The van der Waals surface area contributed by atoms with Crippen molar-refractivity contribution in [2.75, 3.05) is 6.54 Å². The average Bonchev–Trinajstić information content (AvgIpc) is 2.03. The second-order valence-electron chi connectivity index (χ2n) is 2.37. The van der Waals surface area contributed by atoms with Crippen LogP contribution in [0.2, 0.25) is 0 Å². The second kappa shape index (κ2) is 5.83. The summed E-state index contributed by atoms with van der Waals surface area (Å²) in [6, 6.07) is 0.878. The van der Waals surface area contributed by atoms with E-state index in [-0.39, 0.29) is 0 Å². The summed E-state index contributed by atoms with van der Waals surface area (Å²) in [7, 11) is 0. The van der Waals surface area contributed by atoms with Crippen molar-refractivity contribution < 1.29 is 4.79 Å². The zero-order valence-electron chi connectivity index (χ0n) is 6.42. The summed E-state index contributed by atoms with van der Waals surface area (Å²) in [5.41, 5.74) is 10.6. The van der Waals surface area contributed by atoms with Crippen molar-refractivity contribution in [1.29, 1.82) is 5.26 Å². The third-order valence-corrected chi connectivity index (χ3v) is 1.42. The van der Waals surface area contributed by atoms with Crippen molar-refractivity contribution in [2.24, 2.45) is 11.5 Å². The predicted octanol–water partition coefficient (Wildman–Crippen LogP) is -0.465. The van der Waals surface area contributed by atoms with Crippen molar-refractivity contribution in [1.82, 2.24) is 0 Å². The summed E-state index contributed by atoms with van der Waals surface area (Å²) < 4.78 is 0.